The maximum atomic E-state index is 4.03. The SMILES string of the molecule is c1ccc(CNCCn2cncn2)cc1. The second-order valence-electron chi connectivity index (χ2n) is 3.32. The Hall–Kier alpha value is -1.68. The first kappa shape index (κ1) is 9.86. The summed E-state index contributed by atoms with van der Waals surface area (Å²) in [7, 11) is 0. The quantitative estimate of drug-likeness (QED) is 0.737. The molecular formula is C11H14N4. The zero-order chi connectivity index (χ0) is 10.3. The average molecular weight is 202 g/mol. The van der Waals surface area contributed by atoms with E-state index in [0.717, 1.165) is 19.6 Å². The van der Waals surface area contributed by atoms with E-state index in [4.69, 9.17) is 0 Å². The van der Waals surface area contributed by atoms with E-state index in [2.05, 4.69) is 39.7 Å². The summed E-state index contributed by atoms with van der Waals surface area (Å²) in [6.45, 7) is 2.65. The van der Waals surface area contributed by atoms with Gasteiger partial charge in [-0.2, -0.15) is 5.10 Å². The van der Waals surface area contributed by atoms with Crippen LogP contribution in [0.2, 0.25) is 0 Å². The number of aromatic nitrogens is 3. The molecule has 0 aliphatic carbocycles. The monoisotopic (exact) mass is 202 g/mol. The molecule has 4 nitrogen and oxygen atoms in total. The molecule has 0 saturated carbocycles. The zero-order valence-electron chi connectivity index (χ0n) is 8.50. The topological polar surface area (TPSA) is 42.7 Å². The predicted molar refractivity (Wildman–Crippen MR) is 58.2 cm³/mol. The summed E-state index contributed by atoms with van der Waals surface area (Å²) in [5, 5.41) is 7.38. The zero-order valence-corrected chi connectivity index (χ0v) is 8.50. The molecule has 0 atom stereocenters. The summed E-state index contributed by atoms with van der Waals surface area (Å²) in [4.78, 5) is 3.88. The Bertz CT molecular complexity index is 369. The molecule has 0 aliphatic rings. The number of hydrogen-bond donors (Lipinski definition) is 1. The van der Waals surface area contributed by atoms with Crippen molar-refractivity contribution >= 4 is 0 Å². The summed E-state index contributed by atoms with van der Waals surface area (Å²) >= 11 is 0. The fourth-order valence-corrected chi connectivity index (χ4v) is 1.37. The minimum absolute atomic E-state index is 0.854. The molecule has 2 aromatic rings. The second-order valence-corrected chi connectivity index (χ2v) is 3.32. The van der Waals surface area contributed by atoms with Crippen LogP contribution >= 0.6 is 0 Å². The van der Waals surface area contributed by atoms with Crippen LogP contribution in [-0.2, 0) is 13.1 Å². The van der Waals surface area contributed by atoms with Crippen LogP contribution in [0, 0.1) is 0 Å². The van der Waals surface area contributed by atoms with Crippen molar-refractivity contribution in [3.63, 3.8) is 0 Å². The molecule has 15 heavy (non-hydrogen) atoms. The third kappa shape index (κ3) is 3.18. The van der Waals surface area contributed by atoms with Gasteiger partial charge in [0.25, 0.3) is 0 Å². The van der Waals surface area contributed by atoms with Crippen molar-refractivity contribution in [2.45, 2.75) is 13.1 Å². The van der Waals surface area contributed by atoms with Gasteiger partial charge in [-0.25, -0.2) is 4.98 Å². The highest BCUT2D eigenvalue weighted by Gasteiger charge is 1.92. The lowest BCUT2D eigenvalue weighted by atomic mass is 10.2. The van der Waals surface area contributed by atoms with Gasteiger partial charge in [0.2, 0.25) is 0 Å². The summed E-state index contributed by atoms with van der Waals surface area (Å²) in [6.07, 6.45) is 3.28. The maximum Gasteiger partial charge on any atom is 0.137 e. The van der Waals surface area contributed by atoms with Gasteiger partial charge < -0.3 is 5.32 Å². The smallest absolute Gasteiger partial charge is 0.137 e. The van der Waals surface area contributed by atoms with Crippen LogP contribution in [0.3, 0.4) is 0 Å². The minimum Gasteiger partial charge on any atom is -0.311 e. The lowest BCUT2D eigenvalue weighted by molar-refractivity contribution is 0.554. The van der Waals surface area contributed by atoms with Gasteiger partial charge in [-0.15, -0.1) is 0 Å². The molecule has 2 rings (SSSR count). The number of benzene rings is 1. The Morgan fingerprint density at radius 1 is 1.20 bits per heavy atom. The first-order valence-electron chi connectivity index (χ1n) is 5.02. The van der Waals surface area contributed by atoms with Crippen molar-refractivity contribution in [3.05, 3.63) is 48.5 Å². The fraction of sp³-hybridized carbons (Fsp3) is 0.273. The van der Waals surface area contributed by atoms with Gasteiger partial charge in [0.15, 0.2) is 0 Å². The van der Waals surface area contributed by atoms with Gasteiger partial charge in [0.05, 0.1) is 6.54 Å². The van der Waals surface area contributed by atoms with Gasteiger partial charge >= 0.3 is 0 Å². The van der Waals surface area contributed by atoms with Gasteiger partial charge in [-0.05, 0) is 5.56 Å². The van der Waals surface area contributed by atoms with Crippen molar-refractivity contribution in [2.24, 2.45) is 0 Å². The highest BCUT2D eigenvalue weighted by molar-refractivity contribution is 5.14. The summed E-state index contributed by atoms with van der Waals surface area (Å²) in [5.74, 6) is 0. The molecule has 0 radical (unpaired) electrons. The number of nitrogens with one attached hydrogen (secondary N) is 1. The molecule has 0 aliphatic heterocycles. The van der Waals surface area contributed by atoms with Gasteiger partial charge in [0.1, 0.15) is 12.7 Å². The Morgan fingerprint density at radius 2 is 2.07 bits per heavy atom. The molecule has 0 unspecified atom stereocenters. The van der Waals surface area contributed by atoms with Crippen LogP contribution in [0.4, 0.5) is 0 Å². The Balaban J connectivity index is 1.68. The van der Waals surface area contributed by atoms with Crippen LogP contribution in [0.5, 0.6) is 0 Å². The average Bonchev–Trinajstić information content (AvgIpc) is 2.79. The Kier molecular flexibility index (Phi) is 3.46. The van der Waals surface area contributed by atoms with Crippen molar-refractivity contribution in [3.8, 4) is 0 Å². The van der Waals surface area contributed by atoms with E-state index in [1.807, 2.05) is 10.7 Å². The van der Waals surface area contributed by atoms with Crippen molar-refractivity contribution in [1.82, 2.24) is 20.1 Å². The lowest BCUT2D eigenvalue weighted by Crippen LogP contribution is -2.19. The van der Waals surface area contributed by atoms with Crippen LogP contribution in [-0.4, -0.2) is 21.3 Å². The highest BCUT2D eigenvalue weighted by atomic mass is 15.3. The number of nitrogens with zero attached hydrogens (tertiary/aromatic N) is 3. The second kappa shape index (κ2) is 5.26. The van der Waals surface area contributed by atoms with E-state index in [1.54, 1.807) is 12.7 Å². The maximum absolute atomic E-state index is 4.03. The molecule has 1 heterocycles. The van der Waals surface area contributed by atoms with Crippen molar-refractivity contribution in [2.75, 3.05) is 6.54 Å². The van der Waals surface area contributed by atoms with Crippen LogP contribution < -0.4 is 5.32 Å². The summed E-state index contributed by atoms with van der Waals surface area (Å²) in [6, 6.07) is 10.4. The van der Waals surface area contributed by atoms with Crippen molar-refractivity contribution < 1.29 is 0 Å². The van der Waals surface area contributed by atoms with Crippen LogP contribution in [0.25, 0.3) is 0 Å². The molecular weight excluding hydrogens is 188 g/mol. The fourth-order valence-electron chi connectivity index (χ4n) is 1.37. The standard InChI is InChI=1S/C11H14N4/c1-2-4-11(5-3-1)8-12-6-7-15-10-13-9-14-15/h1-5,9-10,12H,6-8H2. The molecule has 0 fully saturated rings. The van der Waals surface area contributed by atoms with E-state index in [-0.39, 0.29) is 0 Å². The first-order chi connectivity index (χ1) is 7.45. The van der Waals surface area contributed by atoms with E-state index < -0.39 is 0 Å². The first-order valence-corrected chi connectivity index (χ1v) is 5.02. The van der Waals surface area contributed by atoms with Gasteiger partial charge in [-0.3, -0.25) is 4.68 Å². The minimum atomic E-state index is 0.854. The third-order valence-corrected chi connectivity index (χ3v) is 2.16. The highest BCUT2D eigenvalue weighted by Crippen LogP contribution is 1.96. The largest absolute Gasteiger partial charge is 0.311 e. The molecule has 1 aromatic carbocycles. The van der Waals surface area contributed by atoms with Crippen molar-refractivity contribution in [1.29, 1.82) is 0 Å². The number of hydrogen-bond acceptors (Lipinski definition) is 3. The molecule has 0 spiro atoms. The molecule has 0 bridgehead atoms. The van der Waals surface area contributed by atoms with Crippen LogP contribution in [0.15, 0.2) is 43.0 Å². The molecule has 1 N–H and O–H groups in total. The Morgan fingerprint density at radius 3 is 2.80 bits per heavy atom. The third-order valence-electron chi connectivity index (χ3n) is 2.16. The van der Waals surface area contributed by atoms with E-state index in [9.17, 15) is 0 Å². The van der Waals surface area contributed by atoms with Gasteiger partial charge in [0, 0.05) is 13.1 Å². The van der Waals surface area contributed by atoms with Gasteiger partial charge in [-0.1, -0.05) is 30.3 Å². The molecule has 78 valence electrons. The number of rotatable bonds is 5. The molecule has 0 saturated heterocycles. The predicted octanol–water partition coefficient (Wildman–Crippen LogP) is 1.07. The van der Waals surface area contributed by atoms with Crippen LogP contribution in [0.1, 0.15) is 5.56 Å². The summed E-state index contributed by atoms with van der Waals surface area (Å²) in [5.41, 5.74) is 1.30. The lowest BCUT2D eigenvalue weighted by Gasteiger charge is -2.04. The molecule has 0 amide bonds. The van der Waals surface area contributed by atoms with E-state index in [0.29, 0.717) is 0 Å². The molecule has 1 aromatic heterocycles. The normalized spacial score (nSPS) is 10.4. The molecule has 4 heteroatoms. The Labute approximate surface area is 89.0 Å². The summed E-state index contributed by atoms with van der Waals surface area (Å²) < 4.78 is 1.82. The van der Waals surface area contributed by atoms with E-state index >= 15 is 0 Å². The van der Waals surface area contributed by atoms with E-state index in [1.165, 1.54) is 5.56 Å².